The van der Waals surface area contributed by atoms with E-state index in [-0.39, 0.29) is 6.04 Å². The maximum absolute atomic E-state index is 5.85. The number of nitrogens with zero attached hydrogens (tertiary/aromatic N) is 1. The first kappa shape index (κ1) is 13.5. The van der Waals surface area contributed by atoms with Crippen LogP contribution in [0.3, 0.4) is 0 Å². The van der Waals surface area contributed by atoms with Crippen LogP contribution in [0.15, 0.2) is 24.3 Å². The van der Waals surface area contributed by atoms with Crippen LogP contribution >= 0.6 is 11.6 Å². The van der Waals surface area contributed by atoms with E-state index in [0.29, 0.717) is 6.54 Å². The quantitative estimate of drug-likeness (QED) is 0.793. The predicted octanol–water partition coefficient (Wildman–Crippen LogP) is 1.49. The van der Waals surface area contributed by atoms with Crippen molar-refractivity contribution in [2.24, 2.45) is 5.73 Å². The molecule has 0 fully saturated rings. The molecule has 90 valence electrons. The number of halogens is 1. The molecule has 1 unspecified atom stereocenters. The second kappa shape index (κ2) is 6.86. The Balaban J connectivity index is 2.50. The topological polar surface area (TPSA) is 41.3 Å². The van der Waals surface area contributed by atoms with Crippen LogP contribution in [0.2, 0.25) is 5.02 Å². The molecule has 0 amide bonds. The lowest BCUT2D eigenvalue weighted by molar-refractivity contribution is 0.385. The van der Waals surface area contributed by atoms with Crippen molar-refractivity contribution in [3.63, 3.8) is 0 Å². The molecule has 0 aliphatic heterocycles. The lowest BCUT2D eigenvalue weighted by Crippen LogP contribution is -2.33. The number of benzene rings is 1. The maximum Gasteiger partial charge on any atom is 0.0444 e. The van der Waals surface area contributed by atoms with Crippen molar-refractivity contribution in [1.29, 1.82) is 0 Å². The van der Waals surface area contributed by atoms with Gasteiger partial charge in [-0.15, -0.1) is 0 Å². The molecule has 0 saturated heterocycles. The highest BCUT2D eigenvalue weighted by molar-refractivity contribution is 6.30. The molecule has 0 heterocycles. The van der Waals surface area contributed by atoms with Crippen molar-refractivity contribution in [2.75, 3.05) is 33.7 Å². The molecule has 1 aromatic rings. The van der Waals surface area contributed by atoms with Gasteiger partial charge in [-0.1, -0.05) is 23.7 Å². The molecule has 3 N–H and O–H groups in total. The second-order valence-electron chi connectivity index (χ2n) is 4.10. The lowest BCUT2D eigenvalue weighted by atomic mass is 10.1. The Hall–Kier alpha value is -0.610. The fourth-order valence-corrected chi connectivity index (χ4v) is 1.62. The molecule has 0 bridgehead atoms. The molecule has 1 aromatic carbocycles. The van der Waals surface area contributed by atoms with E-state index in [2.05, 4.69) is 24.3 Å². The van der Waals surface area contributed by atoms with Crippen LogP contribution in [0.4, 0.5) is 0 Å². The van der Waals surface area contributed by atoms with Crippen LogP contribution < -0.4 is 11.1 Å². The molecule has 1 rings (SSSR count). The summed E-state index contributed by atoms with van der Waals surface area (Å²) in [4.78, 5) is 2.14. The molecule has 0 saturated carbocycles. The molecular weight excluding hydrogens is 222 g/mol. The van der Waals surface area contributed by atoms with E-state index >= 15 is 0 Å². The molecule has 1 atom stereocenters. The van der Waals surface area contributed by atoms with Gasteiger partial charge in [0, 0.05) is 30.7 Å². The molecule has 3 nitrogen and oxygen atoms in total. The summed E-state index contributed by atoms with van der Waals surface area (Å²) in [6.45, 7) is 2.52. The van der Waals surface area contributed by atoms with E-state index in [1.165, 1.54) is 5.56 Å². The van der Waals surface area contributed by atoms with Gasteiger partial charge in [0.05, 0.1) is 0 Å². The molecule has 4 heteroatoms. The van der Waals surface area contributed by atoms with Gasteiger partial charge in [0.2, 0.25) is 0 Å². The summed E-state index contributed by atoms with van der Waals surface area (Å²) in [6.07, 6.45) is 0. The molecule has 16 heavy (non-hydrogen) atoms. The molecule has 0 radical (unpaired) electrons. The predicted molar refractivity (Wildman–Crippen MR) is 69.8 cm³/mol. The Labute approximate surface area is 103 Å². The Kier molecular flexibility index (Phi) is 5.77. The van der Waals surface area contributed by atoms with E-state index < -0.39 is 0 Å². The minimum Gasteiger partial charge on any atom is -0.329 e. The van der Waals surface area contributed by atoms with Crippen molar-refractivity contribution < 1.29 is 0 Å². The summed E-state index contributed by atoms with van der Waals surface area (Å²) in [7, 11) is 4.11. The van der Waals surface area contributed by atoms with Crippen LogP contribution in [-0.2, 0) is 0 Å². The SMILES string of the molecule is CN(C)CCNC(CN)c1ccc(Cl)cc1. The van der Waals surface area contributed by atoms with E-state index in [0.717, 1.165) is 18.1 Å². The van der Waals surface area contributed by atoms with Gasteiger partial charge >= 0.3 is 0 Å². The fraction of sp³-hybridized carbons (Fsp3) is 0.500. The summed E-state index contributed by atoms with van der Waals surface area (Å²) in [5.41, 5.74) is 6.94. The zero-order valence-corrected chi connectivity index (χ0v) is 10.7. The smallest absolute Gasteiger partial charge is 0.0444 e. The number of nitrogens with one attached hydrogen (secondary N) is 1. The highest BCUT2D eigenvalue weighted by atomic mass is 35.5. The normalized spacial score (nSPS) is 13.1. The van der Waals surface area contributed by atoms with E-state index in [1.54, 1.807) is 0 Å². The van der Waals surface area contributed by atoms with E-state index in [4.69, 9.17) is 17.3 Å². The average Bonchev–Trinajstić information content (AvgIpc) is 2.26. The Bertz CT molecular complexity index is 298. The van der Waals surface area contributed by atoms with Crippen LogP contribution in [0.1, 0.15) is 11.6 Å². The number of hydrogen-bond acceptors (Lipinski definition) is 3. The maximum atomic E-state index is 5.85. The first-order chi connectivity index (χ1) is 7.63. The highest BCUT2D eigenvalue weighted by Crippen LogP contribution is 2.15. The average molecular weight is 242 g/mol. The molecular formula is C12H20ClN3. The van der Waals surface area contributed by atoms with Gasteiger partial charge < -0.3 is 16.0 Å². The second-order valence-corrected chi connectivity index (χ2v) is 4.53. The summed E-state index contributed by atoms with van der Waals surface area (Å²) >= 11 is 5.85. The van der Waals surface area contributed by atoms with Gasteiger partial charge in [0.25, 0.3) is 0 Å². The van der Waals surface area contributed by atoms with Crippen molar-refractivity contribution in [1.82, 2.24) is 10.2 Å². The summed E-state index contributed by atoms with van der Waals surface area (Å²) in [6, 6.07) is 8.03. The van der Waals surface area contributed by atoms with Crippen molar-refractivity contribution in [3.05, 3.63) is 34.9 Å². The minimum absolute atomic E-state index is 0.206. The lowest BCUT2D eigenvalue weighted by Gasteiger charge is -2.19. The Morgan fingerprint density at radius 3 is 2.44 bits per heavy atom. The van der Waals surface area contributed by atoms with Crippen LogP contribution in [-0.4, -0.2) is 38.6 Å². The third-order valence-electron chi connectivity index (χ3n) is 2.46. The van der Waals surface area contributed by atoms with E-state index in [1.807, 2.05) is 24.3 Å². The standard InChI is InChI=1S/C12H20ClN3/c1-16(2)8-7-15-12(9-14)10-3-5-11(13)6-4-10/h3-6,12,15H,7-9,14H2,1-2H3. The Morgan fingerprint density at radius 2 is 1.94 bits per heavy atom. The van der Waals surface area contributed by atoms with E-state index in [9.17, 15) is 0 Å². The summed E-state index contributed by atoms with van der Waals surface area (Å²) in [5, 5.41) is 4.18. The van der Waals surface area contributed by atoms with Gasteiger partial charge in [-0.25, -0.2) is 0 Å². The summed E-state index contributed by atoms with van der Waals surface area (Å²) < 4.78 is 0. The molecule has 0 aliphatic rings. The van der Waals surface area contributed by atoms with Crippen molar-refractivity contribution in [2.45, 2.75) is 6.04 Å². The minimum atomic E-state index is 0.206. The number of nitrogens with two attached hydrogens (primary N) is 1. The molecule has 0 aliphatic carbocycles. The van der Waals surface area contributed by atoms with Crippen molar-refractivity contribution >= 4 is 11.6 Å². The molecule has 0 spiro atoms. The van der Waals surface area contributed by atoms with Gasteiger partial charge in [0.15, 0.2) is 0 Å². The number of hydrogen-bond donors (Lipinski definition) is 2. The fourth-order valence-electron chi connectivity index (χ4n) is 1.49. The zero-order chi connectivity index (χ0) is 12.0. The Morgan fingerprint density at radius 1 is 1.31 bits per heavy atom. The van der Waals surface area contributed by atoms with Gasteiger partial charge in [-0.2, -0.15) is 0 Å². The number of rotatable bonds is 6. The van der Waals surface area contributed by atoms with Crippen molar-refractivity contribution in [3.8, 4) is 0 Å². The van der Waals surface area contributed by atoms with Gasteiger partial charge in [0.1, 0.15) is 0 Å². The first-order valence-corrected chi connectivity index (χ1v) is 5.85. The monoisotopic (exact) mass is 241 g/mol. The van der Waals surface area contributed by atoms with Crippen LogP contribution in [0, 0.1) is 0 Å². The largest absolute Gasteiger partial charge is 0.329 e. The van der Waals surface area contributed by atoms with Crippen LogP contribution in [0.5, 0.6) is 0 Å². The highest BCUT2D eigenvalue weighted by Gasteiger charge is 2.08. The summed E-state index contributed by atoms with van der Waals surface area (Å²) in [5.74, 6) is 0. The third-order valence-corrected chi connectivity index (χ3v) is 2.71. The number of likely N-dealkylation sites (N-methyl/N-ethyl adjacent to an activating group) is 1. The first-order valence-electron chi connectivity index (χ1n) is 5.47. The van der Waals surface area contributed by atoms with Gasteiger partial charge in [-0.05, 0) is 31.8 Å². The zero-order valence-electron chi connectivity index (χ0n) is 9.91. The van der Waals surface area contributed by atoms with Gasteiger partial charge in [-0.3, -0.25) is 0 Å². The third kappa shape index (κ3) is 4.49. The molecule has 0 aromatic heterocycles. The van der Waals surface area contributed by atoms with Crippen LogP contribution in [0.25, 0.3) is 0 Å².